The van der Waals surface area contributed by atoms with Gasteiger partial charge in [0.25, 0.3) is 0 Å². The summed E-state index contributed by atoms with van der Waals surface area (Å²) in [4.78, 5) is 7.22. The van der Waals surface area contributed by atoms with Crippen molar-refractivity contribution in [2.24, 2.45) is 0 Å². The van der Waals surface area contributed by atoms with Crippen molar-refractivity contribution >= 4 is 11.3 Å². The molecule has 0 radical (unpaired) electrons. The molecule has 19 heavy (non-hydrogen) atoms. The molecule has 0 aromatic carbocycles. The van der Waals surface area contributed by atoms with E-state index in [1.54, 1.807) is 11.3 Å². The predicted molar refractivity (Wildman–Crippen MR) is 77.3 cm³/mol. The molecule has 0 atom stereocenters. The van der Waals surface area contributed by atoms with Crippen LogP contribution < -0.4 is 5.32 Å². The monoisotopic (exact) mass is 281 g/mol. The van der Waals surface area contributed by atoms with Crippen molar-refractivity contribution in [3.63, 3.8) is 0 Å². The van der Waals surface area contributed by atoms with E-state index in [9.17, 15) is 0 Å². The van der Waals surface area contributed by atoms with Crippen LogP contribution in [0.1, 0.15) is 36.4 Å². The molecule has 1 aliphatic heterocycles. The second-order valence-corrected chi connectivity index (χ2v) is 6.54. The van der Waals surface area contributed by atoms with Gasteiger partial charge >= 0.3 is 0 Å². The van der Waals surface area contributed by atoms with Crippen LogP contribution in [0, 0.1) is 0 Å². The lowest BCUT2D eigenvalue weighted by molar-refractivity contribution is 0.0385. The highest BCUT2D eigenvalue weighted by molar-refractivity contribution is 7.09. The summed E-state index contributed by atoms with van der Waals surface area (Å²) < 4.78 is 5.41. The van der Waals surface area contributed by atoms with E-state index < -0.39 is 0 Å². The average molecular weight is 281 g/mol. The summed E-state index contributed by atoms with van der Waals surface area (Å²) in [6, 6.07) is 0.764. The molecule has 1 N–H and O–H groups in total. The number of likely N-dealkylation sites (tertiary alicyclic amines) is 1. The number of aromatic nitrogens is 1. The molecule has 2 heterocycles. The van der Waals surface area contributed by atoms with Gasteiger partial charge in [-0.15, -0.1) is 11.3 Å². The maximum absolute atomic E-state index is 5.41. The normalized spacial score (nSPS) is 21.9. The summed E-state index contributed by atoms with van der Waals surface area (Å²) in [5, 5.41) is 6.97. The van der Waals surface area contributed by atoms with Crippen LogP contribution in [0.3, 0.4) is 0 Å². The van der Waals surface area contributed by atoms with E-state index in [4.69, 9.17) is 9.72 Å². The maximum Gasteiger partial charge on any atom is 0.107 e. The van der Waals surface area contributed by atoms with Gasteiger partial charge in [0.1, 0.15) is 5.01 Å². The zero-order chi connectivity index (χ0) is 13.1. The summed E-state index contributed by atoms with van der Waals surface area (Å²) in [7, 11) is 1.82. The molecule has 1 saturated heterocycles. The van der Waals surface area contributed by atoms with E-state index in [-0.39, 0.29) is 0 Å². The first-order valence-corrected chi connectivity index (χ1v) is 8.13. The van der Waals surface area contributed by atoms with Crippen LogP contribution in [0.5, 0.6) is 0 Å². The smallest absolute Gasteiger partial charge is 0.107 e. The molecule has 0 spiro atoms. The maximum atomic E-state index is 5.41. The minimum Gasteiger partial charge on any atom is -0.381 e. The molecule has 0 amide bonds. The molecule has 2 fully saturated rings. The summed E-state index contributed by atoms with van der Waals surface area (Å²) in [5.74, 6) is 0. The molecular weight excluding hydrogens is 258 g/mol. The van der Waals surface area contributed by atoms with E-state index >= 15 is 0 Å². The fourth-order valence-corrected chi connectivity index (χ4v) is 3.29. The molecule has 0 unspecified atom stereocenters. The predicted octanol–water partition coefficient (Wildman–Crippen LogP) is 2.01. The molecule has 1 saturated carbocycles. The summed E-state index contributed by atoms with van der Waals surface area (Å²) >= 11 is 1.79. The highest BCUT2D eigenvalue weighted by Crippen LogP contribution is 2.21. The Balaban J connectivity index is 1.44. The Kier molecular flexibility index (Phi) is 4.48. The fourth-order valence-electron chi connectivity index (χ4n) is 2.55. The van der Waals surface area contributed by atoms with Crippen LogP contribution in [0.15, 0.2) is 5.38 Å². The quantitative estimate of drug-likeness (QED) is 0.865. The third kappa shape index (κ3) is 3.99. The van der Waals surface area contributed by atoms with Crippen molar-refractivity contribution in [1.82, 2.24) is 15.2 Å². The Morgan fingerprint density at radius 3 is 2.84 bits per heavy atom. The number of ether oxygens (including phenoxy) is 1. The molecule has 1 aromatic heterocycles. The Hall–Kier alpha value is -0.490. The Morgan fingerprint density at radius 2 is 2.16 bits per heavy atom. The van der Waals surface area contributed by atoms with Gasteiger partial charge in [-0.2, -0.15) is 0 Å². The second-order valence-electron chi connectivity index (χ2n) is 5.60. The highest BCUT2D eigenvalue weighted by atomic mass is 32.1. The Bertz CT molecular complexity index is 397. The first-order chi connectivity index (χ1) is 9.33. The largest absolute Gasteiger partial charge is 0.381 e. The number of hydrogen-bond acceptors (Lipinski definition) is 5. The highest BCUT2D eigenvalue weighted by Gasteiger charge is 2.21. The molecule has 2 aliphatic rings. The molecule has 5 heteroatoms. The lowest BCUT2D eigenvalue weighted by Gasteiger charge is -2.30. The van der Waals surface area contributed by atoms with Gasteiger partial charge in [0.2, 0.25) is 0 Å². The van der Waals surface area contributed by atoms with Crippen molar-refractivity contribution < 1.29 is 4.74 Å². The van der Waals surface area contributed by atoms with Gasteiger partial charge in [-0.1, -0.05) is 0 Å². The van der Waals surface area contributed by atoms with Crippen LogP contribution in [-0.2, 0) is 17.8 Å². The first-order valence-electron chi connectivity index (χ1n) is 7.25. The van der Waals surface area contributed by atoms with Crippen LogP contribution in [-0.4, -0.2) is 42.2 Å². The van der Waals surface area contributed by atoms with E-state index in [2.05, 4.69) is 15.6 Å². The van der Waals surface area contributed by atoms with Crippen LogP contribution in [0.2, 0.25) is 0 Å². The molecule has 106 valence electrons. The van der Waals surface area contributed by atoms with Crippen molar-refractivity contribution in [2.75, 3.05) is 20.2 Å². The number of hydrogen-bond donors (Lipinski definition) is 1. The van der Waals surface area contributed by atoms with Gasteiger partial charge in [-0.25, -0.2) is 4.98 Å². The molecule has 1 aromatic rings. The number of nitrogens with zero attached hydrogens (tertiary/aromatic N) is 2. The van der Waals surface area contributed by atoms with Crippen LogP contribution >= 0.6 is 11.3 Å². The lowest BCUT2D eigenvalue weighted by Crippen LogP contribution is -2.36. The van der Waals surface area contributed by atoms with Crippen molar-refractivity contribution in [1.29, 1.82) is 0 Å². The zero-order valence-corrected chi connectivity index (χ0v) is 12.4. The zero-order valence-electron chi connectivity index (χ0n) is 11.6. The molecule has 3 rings (SSSR count). The number of piperidine rings is 1. The van der Waals surface area contributed by atoms with Gasteiger partial charge in [-0.3, -0.25) is 4.90 Å². The van der Waals surface area contributed by atoms with Crippen molar-refractivity contribution in [3.8, 4) is 0 Å². The second kappa shape index (κ2) is 6.31. The first kappa shape index (κ1) is 13.5. The topological polar surface area (TPSA) is 37.4 Å². The molecule has 1 aliphatic carbocycles. The van der Waals surface area contributed by atoms with Gasteiger partial charge in [0, 0.05) is 44.7 Å². The van der Waals surface area contributed by atoms with Crippen LogP contribution in [0.4, 0.5) is 0 Å². The fraction of sp³-hybridized carbons (Fsp3) is 0.786. The molecular formula is C14H23N3OS. The third-order valence-electron chi connectivity index (χ3n) is 3.97. The van der Waals surface area contributed by atoms with E-state index in [1.165, 1.54) is 23.5 Å². The minimum atomic E-state index is 0.463. The number of thiazole rings is 1. The molecule has 4 nitrogen and oxygen atoms in total. The third-order valence-corrected chi connectivity index (χ3v) is 4.87. The number of nitrogens with one attached hydrogen (secondary N) is 1. The van der Waals surface area contributed by atoms with Gasteiger partial charge < -0.3 is 10.1 Å². The number of methoxy groups -OCH3 is 1. The Labute approximate surface area is 119 Å². The SMILES string of the molecule is COC1CCN(Cc2csc(CNC3CC3)n2)CC1. The standard InChI is InChI=1S/C14H23N3OS/c1-18-13-4-6-17(7-5-13)9-12-10-19-14(16-12)8-15-11-2-3-11/h10-11,13,15H,2-9H2,1H3. The summed E-state index contributed by atoms with van der Waals surface area (Å²) in [6.45, 7) is 4.20. The summed E-state index contributed by atoms with van der Waals surface area (Å²) in [6.07, 6.45) is 5.44. The average Bonchev–Trinajstić information content (AvgIpc) is 3.17. The summed E-state index contributed by atoms with van der Waals surface area (Å²) in [5.41, 5.74) is 1.23. The van der Waals surface area contributed by atoms with Gasteiger partial charge in [0.15, 0.2) is 0 Å². The van der Waals surface area contributed by atoms with Crippen molar-refractivity contribution in [3.05, 3.63) is 16.1 Å². The Morgan fingerprint density at radius 1 is 1.37 bits per heavy atom. The minimum absolute atomic E-state index is 0.463. The van der Waals surface area contributed by atoms with Crippen LogP contribution in [0.25, 0.3) is 0 Å². The number of rotatable bonds is 6. The van der Waals surface area contributed by atoms with Gasteiger partial charge in [0.05, 0.1) is 11.8 Å². The van der Waals surface area contributed by atoms with Crippen molar-refractivity contribution in [2.45, 2.75) is 50.9 Å². The van der Waals surface area contributed by atoms with E-state index in [0.717, 1.165) is 45.1 Å². The lowest BCUT2D eigenvalue weighted by atomic mass is 10.1. The van der Waals surface area contributed by atoms with E-state index in [0.29, 0.717) is 6.10 Å². The van der Waals surface area contributed by atoms with E-state index in [1.807, 2.05) is 7.11 Å². The molecule has 0 bridgehead atoms. The van der Waals surface area contributed by atoms with Gasteiger partial charge in [-0.05, 0) is 25.7 Å².